The quantitative estimate of drug-likeness (QED) is 0.505. The number of amides is 1. The lowest BCUT2D eigenvalue weighted by molar-refractivity contribution is -0.138. The molecule has 8 heteroatoms. The van der Waals surface area contributed by atoms with Gasteiger partial charge >= 0.3 is 5.97 Å². The predicted molar refractivity (Wildman–Crippen MR) is 110 cm³/mol. The maximum absolute atomic E-state index is 13.2. The van der Waals surface area contributed by atoms with Crippen LogP contribution in [0, 0.1) is 0 Å². The monoisotopic (exact) mass is 407 g/mol. The van der Waals surface area contributed by atoms with Crippen molar-refractivity contribution in [2.45, 2.75) is 32.4 Å². The fourth-order valence-electron chi connectivity index (χ4n) is 4.15. The number of fused-ring (bicyclic) bond motifs is 4. The predicted octanol–water partition coefficient (Wildman–Crippen LogP) is 2.25. The van der Waals surface area contributed by atoms with E-state index in [0.717, 1.165) is 5.56 Å². The van der Waals surface area contributed by atoms with Crippen LogP contribution in [0.25, 0.3) is 22.3 Å². The highest BCUT2D eigenvalue weighted by atomic mass is 16.5. The van der Waals surface area contributed by atoms with Gasteiger partial charge in [-0.15, -0.1) is 0 Å². The highest BCUT2D eigenvalue weighted by Gasteiger charge is 2.30. The molecule has 0 bridgehead atoms. The molecule has 0 aliphatic carbocycles. The Labute approximate surface area is 171 Å². The minimum absolute atomic E-state index is 0.0236. The van der Waals surface area contributed by atoms with Crippen LogP contribution in [-0.2, 0) is 22.7 Å². The van der Waals surface area contributed by atoms with Crippen molar-refractivity contribution in [3.8, 4) is 11.4 Å². The summed E-state index contributed by atoms with van der Waals surface area (Å²) in [7, 11) is 1.47. The van der Waals surface area contributed by atoms with Crippen LogP contribution in [0.3, 0.4) is 0 Å². The molecule has 1 aromatic carbocycles. The maximum atomic E-state index is 13.2. The number of pyridine rings is 2. The van der Waals surface area contributed by atoms with Crippen LogP contribution in [0.2, 0.25) is 0 Å². The largest absolute Gasteiger partial charge is 0.481 e. The van der Waals surface area contributed by atoms with Gasteiger partial charge in [-0.05, 0) is 36.2 Å². The fraction of sp³-hybridized carbons (Fsp3) is 0.273. The van der Waals surface area contributed by atoms with Crippen molar-refractivity contribution in [1.82, 2.24) is 9.55 Å². The smallest absolute Gasteiger partial charge is 0.310 e. The highest BCUT2D eigenvalue weighted by molar-refractivity contribution is 6.06. The number of carboxylic acids is 1. The van der Waals surface area contributed by atoms with Crippen LogP contribution >= 0.6 is 0 Å². The zero-order valence-electron chi connectivity index (χ0n) is 16.6. The number of aliphatic carboxylic acids is 1. The van der Waals surface area contributed by atoms with E-state index in [9.17, 15) is 19.5 Å². The normalized spacial score (nSPS) is 13.1. The molecule has 2 aromatic heterocycles. The second kappa shape index (κ2) is 7.38. The van der Waals surface area contributed by atoms with E-state index < -0.39 is 17.8 Å². The Kier molecular flexibility index (Phi) is 4.87. The lowest BCUT2D eigenvalue weighted by Gasteiger charge is -2.17. The first-order valence-corrected chi connectivity index (χ1v) is 9.58. The average molecular weight is 407 g/mol. The SMILES string of the molecule is CCC(C(=O)O)c1cc2n(c(=O)c1COC)Cc1cc3c(C(N)=O)cccc3nc1-2. The molecule has 1 amide bonds. The zero-order chi connectivity index (χ0) is 21.6. The molecule has 0 spiro atoms. The fourth-order valence-corrected chi connectivity index (χ4v) is 4.15. The second-order valence-corrected chi connectivity index (χ2v) is 7.32. The van der Waals surface area contributed by atoms with Crippen molar-refractivity contribution in [3.05, 3.63) is 62.9 Å². The number of methoxy groups -OCH3 is 1. The first kappa shape index (κ1) is 19.8. The minimum atomic E-state index is -0.991. The number of nitrogens with two attached hydrogens (primary N) is 1. The van der Waals surface area contributed by atoms with Crippen molar-refractivity contribution < 1.29 is 19.4 Å². The molecule has 4 rings (SSSR count). The molecule has 1 unspecified atom stereocenters. The highest BCUT2D eigenvalue weighted by Crippen LogP contribution is 2.35. The van der Waals surface area contributed by atoms with Gasteiger partial charge in [0.25, 0.3) is 5.56 Å². The molecule has 3 heterocycles. The van der Waals surface area contributed by atoms with E-state index in [1.165, 1.54) is 7.11 Å². The van der Waals surface area contributed by atoms with Crippen LogP contribution in [0.15, 0.2) is 35.1 Å². The Bertz CT molecular complexity index is 1260. The van der Waals surface area contributed by atoms with Crippen LogP contribution in [0.4, 0.5) is 0 Å². The van der Waals surface area contributed by atoms with Gasteiger partial charge in [-0.1, -0.05) is 13.0 Å². The molecular weight excluding hydrogens is 386 g/mol. The molecule has 30 heavy (non-hydrogen) atoms. The number of hydrogen-bond donors (Lipinski definition) is 2. The number of nitrogens with zero attached hydrogens (tertiary/aromatic N) is 2. The Balaban J connectivity index is 1.99. The number of primary amides is 1. The molecule has 1 aliphatic rings. The van der Waals surface area contributed by atoms with Crippen molar-refractivity contribution in [2.75, 3.05) is 7.11 Å². The van der Waals surface area contributed by atoms with Crippen molar-refractivity contribution >= 4 is 22.8 Å². The average Bonchev–Trinajstić information content (AvgIpc) is 3.06. The third kappa shape index (κ3) is 2.96. The number of carboxylic acid groups (broad SMARTS) is 1. The molecule has 0 radical (unpaired) electrons. The van der Waals surface area contributed by atoms with E-state index in [-0.39, 0.29) is 18.7 Å². The summed E-state index contributed by atoms with van der Waals surface area (Å²) in [5.74, 6) is -2.36. The third-order valence-electron chi connectivity index (χ3n) is 5.58. The molecular formula is C22H21N3O5. The molecule has 3 aromatic rings. The molecule has 0 saturated heterocycles. The molecule has 0 saturated carbocycles. The van der Waals surface area contributed by atoms with Crippen molar-refractivity contribution in [2.24, 2.45) is 5.73 Å². The lowest BCUT2D eigenvalue weighted by atomic mass is 9.92. The van der Waals surface area contributed by atoms with E-state index in [4.69, 9.17) is 10.5 Å². The molecule has 154 valence electrons. The first-order valence-electron chi connectivity index (χ1n) is 9.58. The molecule has 1 aliphatic heterocycles. The summed E-state index contributed by atoms with van der Waals surface area (Å²) in [5, 5.41) is 10.3. The third-order valence-corrected chi connectivity index (χ3v) is 5.58. The second-order valence-electron chi connectivity index (χ2n) is 7.32. The van der Waals surface area contributed by atoms with Gasteiger partial charge in [0.05, 0.1) is 36.0 Å². The molecule has 8 nitrogen and oxygen atoms in total. The van der Waals surface area contributed by atoms with Crippen molar-refractivity contribution in [3.63, 3.8) is 0 Å². The first-order chi connectivity index (χ1) is 14.4. The maximum Gasteiger partial charge on any atom is 0.310 e. The summed E-state index contributed by atoms with van der Waals surface area (Å²) in [5.41, 5.74) is 8.88. The summed E-state index contributed by atoms with van der Waals surface area (Å²) < 4.78 is 6.77. The number of hydrogen-bond acceptors (Lipinski definition) is 5. The van der Waals surface area contributed by atoms with Gasteiger partial charge in [-0.25, -0.2) is 4.98 Å². The summed E-state index contributed by atoms with van der Waals surface area (Å²) >= 11 is 0. The number of benzene rings is 1. The van der Waals surface area contributed by atoms with E-state index in [2.05, 4.69) is 4.98 Å². The van der Waals surface area contributed by atoms with Gasteiger partial charge < -0.3 is 20.1 Å². The van der Waals surface area contributed by atoms with Gasteiger partial charge in [0.2, 0.25) is 5.91 Å². The summed E-state index contributed by atoms with van der Waals surface area (Å²) in [6, 6.07) is 8.68. The number of aromatic nitrogens is 2. The summed E-state index contributed by atoms with van der Waals surface area (Å²) in [6.07, 6.45) is 0.342. The van der Waals surface area contributed by atoms with E-state index >= 15 is 0 Å². The van der Waals surface area contributed by atoms with Crippen LogP contribution in [0.1, 0.15) is 46.3 Å². The van der Waals surface area contributed by atoms with E-state index in [1.807, 2.05) is 6.07 Å². The van der Waals surface area contributed by atoms with Gasteiger partial charge in [-0.2, -0.15) is 0 Å². The topological polar surface area (TPSA) is 125 Å². The van der Waals surface area contributed by atoms with Gasteiger partial charge in [-0.3, -0.25) is 14.4 Å². The molecule has 3 N–H and O–H groups in total. The van der Waals surface area contributed by atoms with E-state index in [1.54, 1.807) is 35.8 Å². The number of carbonyl (C=O) groups is 2. The lowest BCUT2D eigenvalue weighted by Crippen LogP contribution is -2.27. The van der Waals surface area contributed by atoms with Gasteiger partial charge in [0.15, 0.2) is 0 Å². The van der Waals surface area contributed by atoms with Gasteiger partial charge in [0, 0.05) is 29.2 Å². The Morgan fingerprint density at radius 2 is 2.10 bits per heavy atom. The summed E-state index contributed by atoms with van der Waals surface area (Å²) in [6.45, 7) is 2.07. The zero-order valence-corrected chi connectivity index (χ0v) is 16.6. The summed E-state index contributed by atoms with van der Waals surface area (Å²) in [4.78, 5) is 41.5. The number of carbonyl (C=O) groups excluding carboxylic acids is 1. The van der Waals surface area contributed by atoms with E-state index in [0.29, 0.717) is 45.4 Å². The molecule has 0 fully saturated rings. The van der Waals surface area contributed by atoms with Crippen LogP contribution in [-0.4, -0.2) is 33.6 Å². The Morgan fingerprint density at radius 1 is 1.33 bits per heavy atom. The number of rotatable bonds is 6. The molecule has 1 atom stereocenters. The van der Waals surface area contributed by atoms with Gasteiger partial charge in [0.1, 0.15) is 0 Å². The Hall–Kier alpha value is -3.52. The number of ether oxygens (including phenoxy) is 1. The van der Waals surface area contributed by atoms with Crippen molar-refractivity contribution in [1.29, 1.82) is 0 Å². The minimum Gasteiger partial charge on any atom is -0.481 e. The standard InChI is InChI=1S/C22H21N3O5/c1-3-12(22(28)29)14-8-18-19-11(9-25(18)21(27)16(14)10-30-2)7-15-13(20(23)26)5-4-6-17(15)24-19/h4-8,12H,3,9-10H2,1-2H3,(H2,23,26)(H,28,29). The van der Waals surface area contributed by atoms with Crippen LogP contribution in [0.5, 0.6) is 0 Å². The Morgan fingerprint density at radius 3 is 2.73 bits per heavy atom. The van der Waals surface area contributed by atoms with Crippen LogP contribution < -0.4 is 11.3 Å².